The van der Waals surface area contributed by atoms with E-state index in [0.29, 0.717) is 12.8 Å². The smallest absolute Gasteiger partial charge is 0.318 e. The summed E-state index contributed by atoms with van der Waals surface area (Å²) in [5, 5.41) is 15.6. The van der Waals surface area contributed by atoms with E-state index in [9.17, 15) is 18.4 Å². The lowest BCUT2D eigenvalue weighted by molar-refractivity contribution is -0.0542. The maximum Gasteiger partial charge on any atom is 0.318 e. The predicted molar refractivity (Wildman–Crippen MR) is 138 cm³/mol. The topological polar surface area (TPSA) is 149 Å². The first kappa shape index (κ1) is 24.4. The summed E-state index contributed by atoms with van der Waals surface area (Å²) in [5.74, 6) is -8.99. The summed E-state index contributed by atoms with van der Waals surface area (Å²) in [5.41, 5.74) is 0.0701. The highest BCUT2D eigenvalue weighted by Gasteiger charge is 2.43. The fourth-order valence-electron chi connectivity index (χ4n) is 5.16. The van der Waals surface area contributed by atoms with Crippen molar-refractivity contribution in [3.8, 4) is 5.88 Å². The minimum absolute atomic E-state index is 0.0418. The van der Waals surface area contributed by atoms with Gasteiger partial charge < -0.3 is 25.0 Å². The number of hydrogen-bond acceptors (Lipinski definition) is 9. The predicted octanol–water partition coefficient (Wildman–Crippen LogP) is 3.30. The number of hydrogen-bond donors (Lipinski definition) is 2. The first-order valence-electron chi connectivity index (χ1n) is 15.6. The van der Waals surface area contributed by atoms with Crippen molar-refractivity contribution < 1.29 is 46.7 Å². The van der Waals surface area contributed by atoms with Gasteiger partial charge in [0.15, 0.2) is 5.65 Å². The Hall–Kier alpha value is -4.02. The van der Waals surface area contributed by atoms with Crippen molar-refractivity contribution in [2.75, 3.05) is 26.7 Å². The molecule has 6 rings (SSSR count). The maximum atomic E-state index is 15.1. The number of carbonyl (C=O) groups is 2. The van der Waals surface area contributed by atoms with E-state index in [1.54, 1.807) is 5.32 Å². The van der Waals surface area contributed by atoms with Gasteiger partial charge >= 0.3 is 6.03 Å². The molecule has 0 unspecified atom stereocenters. The molecule has 4 heterocycles. The van der Waals surface area contributed by atoms with Crippen LogP contribution in [0.15, 0.2) is 23.1 Å². The molecule has 0 aromatic carbocycles. The number of halogens is 4. The number of fused-ring (bicyclic) bond motifs is 1. The highest BCUT2D eigenvalue weighted by molar-refractivity contribution is 5.94. The van der Waals surface area contributed by atoms with Gasteiger partial charge in [-0.05, 0) is 48.0 Å². The average Bonchev–Trinajstić information content (AvgIpc) is 3.52. The third-order valence-electron chi connectivity index (χ3n) is 7.58. The number of rotatable bonds is 10. The number of ether oxygens (including phenoxy) is 2. The Morgan fingerprint density at radius 1 is 1.23 bits per heavy atom. The van der Waals surface area contributed by atoms with Crippen LogP contribution in [0, 0.1) is 5.92 Å². The van der Waals surface area contributed by atoms with E-state index in [1.807, 2.05) is 0 Å². The number of carbonyl (C=O) groups excluding carboxylic acids is 2. The molecule has 13 nitrogen and oxygen atoms in total. The van der Waals surface area contributed by atoms with Crippen LogP contribution in [-0.4, -0.2) is 86.4 Å². The molecule has 3 aromatic rings. The van der Waals surface area contributed by atoms with E-state index >= 15 is 8.78 Å². The van der Waals surface area contributed by atoms with Crippen LogP contribution in [0.3, 0.4) is 0 Å². The summed E-state index contributed by atoms with van der Waals surface area (Å²) in [4.78, 5) is 30.9. The first-order chi connectivity index (χ1) is 22.0. The Bertz CT molecular complexity index is 1660. The highest BCUT2D eigenvalue weighted by atomic mass is 19.3. The molecule has 1 aliphatic heterocycles. The monoisotopic (exact) mass is 614 g/mol. The molecule has 3 fully saturated rings. The molecule has 0 bridgehead atoms. The van der Waals surface area contributed by atoms with Gasteiger partial charge in [0, 0.05) is 18.4 Å². The Morgan fingerprint density at radius 2 is 2.00 bits per heavy atom. The Balaban J connectivity index is 1.35. The van der Waals surface area contributed by atoms with Gasteiger partial charge in [0.05, 0.1) is 68.5 Å². The quantitative estimate of drug-likeness (QED) is 0.328. The van der Waals surface area contributed by atoms with Crippen LogP contribution in [0.4, 0.5) is 22.4 Å². The SMILES string of the molecule is [2H]C1([2H])NC(=O)N([C@H](COC2CC2)c2cnn3cc([C@@H](NC(=O)c4nonc4OC)C4CCC(F)(F)CC4)nc3c2)C([2H])([2H])C1(F)F. The van der Waals surface area contributed by atoms with Gasteiger partial charge in [-0.2, -0.15) is 5.10 Å². The van der Waals surface area contributed by atoms with Crippen molar-refractivity contribution in [3.63, 3.8) is 0 Å². The van der Waals surface area contributed by atoms with Gasteiger partial charge in [-0.1, -0.05) is 0 Å². The number of nitrogens with one attached hydrogen (secondary N) is 2. The van der Waals surface area contributed by atoms with Gasteiger partial charge in [0.25, 0.3) is 17.7 Å². The number of urea groups is 1. The average molecular weight is 615 g/mol. The molecular formula is C26H30F4N8O5. The molecule has 17 heteroatoms. The van der Waals surface area contributed by atoms with Crippen LogP contribution in [-0.2, 0) is 4.74 Å². The van der Waals surface area contributed by atoms with E-state index in [2.05, 4.69) is 30.3 Å². The molecule has 2 saturated carbocycles. The minimum Gasteiger partial charge on any atom is -0.477 e. The number of amides is 3. The zero-order valence-electron chi connectivity index (χ0n) is 26.7. The van der Waals surface area contributed by atoms with Crippen LogP contribution in [0.25, 0.3) is 5.65 Å². The van der Waals surface area contributed by atoms with Crippen LogP contribution in [0.5, 0.6) is 5.88 Å². The van der Waals surface area contributed by atoms with Gasteiger partial charge in [0.1, 0.15) is 0 Å². The van der Waals surface area contributed by atoms with E-state index in [4.69, 9.17) is 15.0 Å². The normalized spacial score (nSPS) is 25.5. The van der Waals surface area contributed by atoms with E-state index in [1.165, 1.54) is 30.1 Å². The van der Waals surface area contributed by atoms with Gasteiger partial charge in [-0.3, -0.25) is 4.79 Å². The van der Waals surface area contributed by atoms with E-state index in [-0.39, 0.29) is 52.3 Å². The minimum atomic E-state index is -4.67. The summed E-state index contributed by atoms with van der Waals surface area (Å²) in [7, 11) is 1.25. The summed E-state index contributed by atoms with van der Waals surface area (Å²) < 4.78 is 106. The zero-order valence-corrected chi connectivity index (χ0v) is 22.7. The molecule has 2 atom stereocenters. The van der Waals surface area contributed by atoms with Crippen molar-refractivity contribution in [2.45, 2.75) is 68.6 Å². The van der Waals surface area contributed by atoms with Crippen LogP contribution in [0.2, 0.25) is 0 Å². The molecule has 1 saturated heterocycles. The Morgan fingerprint density at radius 3 is 2.72 bits per heavy atom. The third kappa shape index (κ3) is 6.35. The Kier molecular flexibility index (Phi) is 6.38. The molecule has 43 heavy (non-hydrogen) atoms. The number of aromatic nitrogens is 5. The van der Waals surface area contributed by atoms with Crippen LogP contribution in [0.1, 0.15) is 77.8 Å². The third-order valence-corrected chi connectivity index (χ3v) is 7.58. The first-order valence-corrected chi connectivity index (χ1v) is 13.6. The van der Waals surface area contributed by atoms with Gasteiger partial charge in [-0.25, -0.2) is 36.5 Å². The molecule has 0 spiro atoms. The van der Waals surface area contributed by atoms with Crippen molar-refractivity contribution in [2.24, 2.45) is 5.92 Å². The fourth-order valence-corrected chi connectivity index (χ4v) is 5.16. The number of imidazole rings is 1. The second kappa shape index (κ2) is 11.2. The molecule has 0 radical (unpaired) electrons. The molecule has 3 aliphatic rings. The van der Waals surface area contributed by atoms with E-state index in [0.717, 1.165) is 0 Å². The largest absolute Gasteiger partial charge is 0.477 e. The lowest BCUT2D eigenvalue weighted by atomic mass is 9.81. The molecule has 2 N–H and O–H groups in total. The van der Waals surface area contributed by atoms with Crippen molar-refractivity contribution >= 4 is 17.6 Å². The summed E-state index contributed by atoms with van der Waals surface area (Å²) >= 11 is 0. The maximum absolute atomic E-state index is 15.1. The molecule has 3 aromatic heterocycles. The summed E-state index contributed by atoms with van der Waals surface area (Å²) in [6.07, 6.45) is 3.04. The standard InChI is InChI=1S/C26H30F4N8O5/c1-41-23-21(35-43-36-23)22(39)34-20(14-4-6-25(27,28)7-5-14)17-10-38-19(33-17)8-15(9-32-38)18(11-42-16-2-3-16)37-13-26(29,30)12-31-24(37)40/h8-10,14,16,18,20H,2-7,11-13H2,1H3,(H,31,40)(H,34,39)/t18-,20+/m1/s1/i12D2,13D2. The highest BCUT2D eigenvalue weighted by Crippen LogP contribution is 2.41. The Labute approximate surface area is 247 Å². The number of nitrogens with zero attached hydrogens (tertiary/aromatic N) is 6. The molecule has 2 aliphatic carbocycles. The van der Waals surface area contributed by atoms with Crippen molar-refractivity contribution in [3.05, 3.63) is 35.4 Å². The lowest BCUT2D eigenvalue weighted by Crippen LogP contribution is -2.58. The van der Waals surface area contributed by atoms with Gasteiger partial charge in [-0.15, -0.1) is 0 Å². The van der Waals surface area contributed by atoms with E-state index < -0.39 is 74.2 Å². The van der Waals surface area contributed by atoms with Crippen LogP contribution >= 0.6 is 0 Å². The summed E-state index contributed by atoms with van der Waals surface area (Å²) in [6, 6.07) is -2.48. The van der Waals surface area contributed by atoms with Crippen LogP contribution < -0.4 is 15.4 Å². The summed E-state index contributed by atoms with van der Waals surface area (Å²) in [6.45, 7) is -7.88. The molecule has 3 amide bonds. The van der Waals surface area contributed by atoms with Crippen molar-refractivity contribution in [1.29, 1.82) is 0 Å². The fraction of sp³-hybridized carbons (Fsp3) is 0.615. The second-order valence-electron chi connectivity index (χ2n) is 10.7. The molecule has 232 valence electrons. The number of alkyl halides is 4. The molecular weight excluding hydrogens is 580 g/mol. The van der Waals surface area contributed by atoms with Crippen molar-refractivity contribution in [1.82, 2.24) is 40.4 Å². The number of methoxy groups -OCH3 is 1. The zero-order chi connectivity index (χ0) is 33.9. The lowest BCUT2D eigenvalue weighted by Gasteiger charge is -2.38. The van der Waals surface area contributed by atoms with Gasteiger partial charge in [0.2, 0.25) is 11.6 Å². The second-order valence-corrected chi connectivity index (χ2v) is 10.7.